The van der Waals surface area contributed by atoms with Crippen molar-refractivity contribution in [2.24, 2.45) is 0 Å². The van der Waals surface area contributed by atoms with Crippen molar-refractivity contribution in [3.05, 3.63) is 52.7 Å². The fraction of sp³-hybridized carbons (Fsp3) is 0.263. The molecule has 0 aliphatic heterocycles. The molecular weight excluding hydrogens is 350 g/mol. The van der Waals surface area contributed by atoms with Gasteiger partial charge in [-0.2, -0.15) is 5.26 Å². The van der Waals surface area contributed by atoms with Gasteiger partial charge in [0.25, 0.3) is 0 Å². The number of rotatable bonds is 6. The van der Waals surface area contributed by atoms with E-state index >= 15 is 0 Å². The summed E-state index contributed by atoms with van der Waals surface area (Å²) in [6.07, 6.45) is 3.27. The first-order valence-electron chi connectivity index (χ1n) is 8.25. The molecule has 2 N–H and O–H groups in total. The number of nitriles is 1. The molecule has 0 saturated heterocycles. The molecule has 0 fully saturated rings. The van der Waals surface area contributed by atoms with E-state index in [-0.39, 0.29) is 17.9 Å². The summed E-state index contributed by atoms with van der Waals surface area (Å²) < 4.78 is 0. The largest absolute Gasteiger partial charge is 0.478 e. The number of fused-ring (bicyclic) bond motifs is 1. The minimum atomic E-state index is -1.01. The second kappa shape index (κ2) is 8.02. The molecule has 1 amide bonds. The normalized spacial score (nSPS) is 12.3. The Morgan fingerprint density at radius 3 is 2.73 bits per heavy atom. The molecule has 3 rings (SSSR count). The Morgan fingerprint density at radius 1 is 1.27 bits per heavy atom. The smallest absolute Gasteiger partial charge is 0.335 e. The topological polar surface area (TPSA) is 103 Å². The van der Waals surface area contributed by atoms with Gasteiger partial charge in [0.2, 0.25) is 5.91 Å². The third-order valence-corrected chi connectivity index (χ3v) is 5.11. The third kappa shape index (κ3) is 4.21. The summed E-state index contributed by atoms with van der Waals surface area (Å²) in [5.41, 5.74) is 3.52. The van der Waals surface area contributed by atoms with Crippen molar-refractivity contribution in [3.8, 4) is 6.07 Å². The van der Waals surface area contributed by atoms with E-state index < -0.39 is 5.97 Å². The number of benzene rings is 1. The lowest BCUT2D eigenvalue weighted by molar-refractivity contribution is -0.115. The SMILES string of the molecule is N#Cc1cc2c(nc1SCCC(=O)Nc1ccc(C(=O)O)cc1)CCC2. The number of thioether (sulfide) groups is 1. The van der Waals surface area contributed by atoms with Gasteiger partial charge < -0.3 is 10.4 Å². The number of carboxylic acids is 1. The molecule has 2 aromatic rings. The number of carboxylic acid groups (broad SMARTS) is 1. The Morgan fingerprint density at radius 2 is 2.04 bits per heavy atom. The zero-order chi connectivity index (χ0) is 18.5. The van der Waals surface area contributed by atoms with E-state index in [0.29, 0.717) is 22.0 Å². The summed E-state index contributed by atoms with van der Waals surface area (Å²) in [5.74, 6) is -0.658. The maximum atomic E-state index is 12.0. The minimum Gasteiger partial charge on any atom is -0.478 e. The summed E-state index contributed by atoms with van der Waals surface area (Å²) in [4.78, 5) is 27.4. The number of hydrogen-bond acceptors (Lipinski definition) is 5. The lowest BCUT2D eigenvalue weighted by atomic mass is 10.2. The number of carbonyl (C=O) groups is 2. The molecule has 0 atom stereocenters. The summed E-state index contributed by atoms with van der Waals surface area (Å²) in [6.45, 7) is 0. The van der Waals surface area contributed by atoms with Crippen LogP contribution in [0.25, 0.3) is 0 Å². The van der Waals surface area contributed by atoms with Crippen LogP contribution in [0.5, 0.6) is 0 Å². The van der Waals surface area contributed by atoms with Crippen molar-refractivity contribution in [3.63, 3.8) is 0 Å². The predicted molar refractivity (Wildman–Crippen MR) is 98.3 cm³/mol. The molecule has 6 nitrogen and oxygen atoms in total. The van der Waals surface area contributed by atoms with Gasteiger partial charge in [-0.15, -0.1) is 11.8 Å². The summed E-state index contributed by atoms with van der Waals surface area (Å²) in [7, 11) is 0. The van der Waals surface area contributed by atoms with Gasteiger partial charge in [0.1, 0.15) is 11.1 Å². The van der Waals surface area contributed by atoms with Crippen molar-refractivity contribution in [2.75, 3.05) is 11.1 Å². The van der Waals surface area contributed by atoms with E-state index in [9.17, 15) is 14.9 Å². The lowest BCUT2D eigenvalue weighted by Crippen LogP contribution is -2.12. The molecule has 1 aliphatic rings. The Balaban J connectivity index is 1.54. The lowest BCUT2D eigenvalue weighted by Gasteiger charge is -2.08. The molecule has 132 valence electrons. The molecule has 7 heteroatoms. The zero-order valence-electron chi connectivity index (χ0n) is 14.0. The number of hydrogen-bond donors (Lipinski definition) is 2. The highest BCUT2D eigenvalue weighted by atomic mass is 32.2. The van der Waals surface area contributed by atoms with Crippen LogP contribution in [-0.4, -0.2) is 27.7 Å². The Bertz CT molecular complexity index is 888. The first-order valence-corrected chi connectivity index (χ1v) is 9.24. The van der Waals surface area contributed by atoms with Crippen LogP contribution in [0.15, 0.2) is 35.4 Å². The van der Waals surface area contributed by atoms with Gasteiger partial charge in [-0.3, -0.25) is 4.79 Å². The summed E-state index contributed by atoms with van der Waals surface area (Å²) in [5, 5.41) is 21.6. The summed E-state index contributed by atoms with van der Waals surface area (Å²) in [6, 6.07) is 10.1. The maximum Gasteiger partial charge on any atom is 0.335 e. The van der Waals surface area contributed by atoms with Gasteiger partial charge in [0.15, 0.2) is 0 Å². The maximum absolute atomic E-state index is 12.0. The Hall–Kier alpha value is -2.85. The average molecular weight is 367 g/mol. The average Bonchev–Trinajstić information content (AvgIpc) is 3.08. The number of anilines is 1. The highest BCUT2D eigenvalue weighted by Gasteiger charge is 2.17. The number of aryl methyl sites for hydroxylation is 2. The first kappa shape index (κ1) is 18.0. The number of nitrogens with zero attached hydrogens (tertiary/aromatic N) is 2. The molecule has 0 bridgehead atoms. The standard InChI is InChI=1S/C19H17N3O3S/c20-11-14-10-13-2-1-3-16(13)22-18(14)26-9-8-17(23)21-15-6-4-12(5-7-15)19(24)25/h4-7,10H,1-3,8-9H2,(H,21,23)(H,24,25). The number of amides is 1. The van der Waals surface area contributed by atoms with Crippen molar-refractivity contribution in [2.45, 2.75) is 30.7 Å². The monoisotopic (exact) mass is 367 g/mol. The van der Waals surface area contributed by atoms with Crippen LogP contribution in [-0.2, 0) is 17.6 Å². The molecule has 0 unspecified atom stereocenters. The quantitative estimate of drug-likeness (QED) is 0.760. The van der Waals surface area contributed by atoms with Crippen LogP contribution >= 0.6 is 11.8 Å². The van der Waals surface area contributed by atoms with Gasteiger partial charge in [-0.25, -0.2) is 9.78 Å². The number of nitrogens with one attached hydrogen (secondary N) is 1. The van der Waals surface area contributed by atoms with Crippen LogP contribution in [0, 0.1) is 11.3 Å². The Kier molecular flexibility index (Phi) is 5.54. The highest BCUT2D eigenvalue weighted by molar-refractivity contribution is 7.99. The van der Waals surface area contributed by atoms with E-state index in [4.69, 9.17) is 5.11 Å². The van der Waals surface area contributed by atoms with E-state index in [1.807, 2.05) is 6.07 Å². The van der Waals surface area contributed by atoms with Crippen LogP contribution in [0.2, 0.25) is 0 Å². The van der Waals surface area contributed by atoms with Gasteiger partial charge in [0, 0.05) is 23.6 Å². The van der Waals surface area contributed by atoms with Crippen LogP contribution in [0.4, 0.5) is 5.69 Å². The van der Waals surface area contributed by atoms with Crippen LogP contribution < -0.4 is 5.32 Å². The second-order valence-corrected chi connectivity index (χ2v) is 7.03. The van der Waals surface area contributed by atoms with Crippen molar-refractivity contribution < 1.29 is 14.7 Å². The fourth-order valence-electron chi connectivity index (χ4n) is 2.80. The predicted octanol–water partition coefficient (Wildman–Crippen LogP) is 3.26. The molecule has 0 saturated carbocycles. The van der Waals surface area contributed by atoms with Crippen molar-refractivity contribution in [1.82, 2.24) is 4.98 Å². The molecule has 0 spiro atoms. The van der Waals surface area contributed by atoms with Crippen molar-refractivity contribution >= 4 is 29.3 Å². The van der Waals surface area contributed by atoms with E-state index in [2.05, 4.69) is 16.4 Å². The summed E-state index contributed by atoms with van der Waals surface area (Å²) >= 11 is 1.41. The molecule has 1 aromatic heterocycles. The molecule has 1 heterocycles. The molecule has 1 aliphatic carbocycles. The minimum absolute atomic E-state index is 0.166. The van der Waals surface area contributed by atoms with E-state index in [1.54, 1.807) is 12.1 Å². The third-order valence-electron chi connectivity index (χ3n) is 4.12. The number of aromatic nitrogens is 1. The van der Waals surface area contributed by atoms with Crippen molar-refractivity contribution in [1.29, 1.82) is 5.26 Å². The first-order chi connectivity index (χ1) is 12.6. The van der Waals surface area contributed by atoms with Gasteiger partial charge >= 0.3 is 5.97 Å². The molecule has 26 heavy (non-hydrogen) atoms. The number of aromatic carboxylic acids is 1. The number of pyridine rings is 1. The van der Waals surface area contributed by atoms with E-state index in [0.717, 1.165) is 30.5 Å². The van der Waals surface area contributed by atoms with Crippen LogP contribution in [0.1, 0.15) is 40.0 Å². The second-order valence-electron chi connectivity index (χ2n) is 5.94. The van der Waals surface area contributed by atoms with Crippen LogP contribution in [0.3, 0.4) is 0 Å². The van der Waals surface area contributed by atoms with Gasteiger partial charge in [-0.1, -0.05) is 0 Å². The zero-order valence-corrected chi connectivity index (χ0v) is 14.8. The Labute approximate surface area is 155 Å². The van der Waals surface area contributed by atoms with Gasteiger partial charge in [0.05, 0.1) is 11.1 Å². The van der Waals surface area contributed by atoms with Gasteiger partial charge in [-0.05, 0) is 55.2 Å². The molecule has 0 radical (unpaired) electrons. The van der Waals surface area contributed by atoms with E-state index in [1.165, 1.54) is 23.9 Å². The highest BCUT2D eigenvalue weighted by Crippen LogP contribution is 2.28. The molecular formula is C19H17N3O3S. The fourth-order valence-corrected chi connectivity index (χ4v) is 3.72. The number of carbonyl (C=O) groups excluding carboxylic acids is 1. The molecule has 1 aromatic carbocycles.